The smallest absolute Gasteiger partial charge is 0.249 e. The molecule has 6 nitrogen and oxygen atoms in total. The van der Waals surface area contributed by atoms with Gasteiger partial charge in [0.1, 0.15) is 0 Å². The molecule has 0 unspecified atom stereocenters. The number of rotatable bonds is 9. The van der Waals surface area contributed by atoms with Crippen LogP contribution in [0.25, 0.3) is 0 Å². The Hall–Kier alpha value is -3.15. The van der Waals surface area contributed by atoms with Gasteiger partial charge in [0.2, 0.25) is 5.95 Å². The average molecular weight is 377 g/mol. The van der Waals surface area contributed by atoms with E-state index < -0.39 is 0 Å². The molecule has 0 saturated carbocycles. The van der Waals surface area contributed by atoms with Gasteiger partial charge in [0.25, 0.3) is 0 Å². The van der Waals surface area contributed by atoms with Crippen LogP contribution in [0.15, 0.2) is 60.8 Å². The van der Waals surface area contributed by atoms with Crippen LogP contribution in [0.5, 0.6) is 0 Å². The van der Waals surface area contributed by atoms with E-state index in [-0.39, 0.29) is 0 Å². The second-order valence-corrected chi connectivity index (χ2v) is 6.48. The van der Waals surface area contributed by atoms with Crippen molar-refractivity contribution in [2.24, 2.45) is 0 Å². The molecule has 0 fully saturated rings. The Kier molecular flexibility index (Phi) is 6.78. The van der Waals surface area contributed by atoms with Crippen molar-refractivity contribution in [3.8, 4) is 0 Å². The lowest BCUT2D eigenvalue weighted by molar-refractivity contribution is 0.798. The summed E-state index contributed by atoms with van der Waals surface area (Å²) in [5, 5.41) is 11.5. The van der Waals surface area contributed by atoms with Crippen LogP contribution >= 0.6 is 0 Å². The third-order valence-corrected chi connectivity index (χ3v) is 4.72. The number of nitrogens with one attached hydrogen (secondary N) is 1. The van der Waals surface area contributed by atoms with Crippen molar-refractivity contribution in [1.29, 1.82) is 0 Å². The first-order chi connectivity index (χ1) is 13.7. The lowest BCUT2D eigenvalue weighted by Gasteiger charge is -2.22. The van der Waals surface area contributed by atoms with Gasteiger partial charge in [-0.1, -0.05) is 30.3 Å². The molecule has 0 spiro atoms. The van der Waals surface area contributed by atoms with Crippen LogP contribution in [0.3, 0.4) is 0 Å². The van der Waals surface area contributed by atoms with Crippen molar-refractivity contribution in [3.63, 3.8) is 0 Å². The molecular weight excluding hydrogens is 348 g/mol. The SMILES string of the molecule is CCN(CC)c1ccc(Nc2nncc(N(CC)Cc3ccccc3)n2)cc1. The molecule has 2 aromatic carbocycles. The molecule has 3 rings (SSSR count). The molecule has 3 aromatic rings. The van der Waals surface area contributed by atoms with Crippen LogP contribution in [0.1, 0.15) is 26.3 Å². The molecule has 1 heterocycles. The fourth-order valence-corrected chi connectivity index (χ4v) is 3.13. The van der Waals surface area contributed by atoms with Crippen LogP contribution in [-0.2, 0) is 6.54 Å². The van der Waals surface area contributed by atoms with Gasteiger partial charge in [-0.2, -0.15) is 10.1 Å². The summed E-state index contributed by atoms with van der Waals surface area (Å²) in [6, 6.07) is 18.7. The number of aromatic nitrogens is 3. The van der Waals surface area contributed by atoms with Crippen LogP contribution in [0.2, 0.25) is 0 Å². The molecule has 0 saturated heterocycles. The number of anilines is 4. The van der Waals surface area contributed by atoms with E-state index in [1.807, 2.05) is 18.2 Å². The maximum absolute atomic E-state index is 4.66. The third-order valence-electron chi connectivity index (χ3n) is 4.72. The minimum atomic E-state index is 0.500. The summed E-state index contributed by atoms with van der Waals surface area (Å²) in [6.07, 6.45) is 1.71. The van der Waals surface area contributed by atoms with E-state index in [1.165, 1.54) is 11.3 Å². The molecule has 0 aliphatic heterocycles. The molecule has 6 heteroatoms. The van der Waals surface area contributed by atoms with Gasteiger partial charge in [0.15, 0.2) is 5.82 Å². The highest BCUT2D eigenvalue weighted by molar-refractivity contribution is 5.59. The Balaban J connectivity index is 1.72. The van der Waals surface area contributed by atoms with Crippen LogP contribution in [-0.4, -0.2) is 34.8 Å². The Morgan fingerprint density at radius 2 is 1.50 bits per heavy atom. The maximum Gasteiger partial charge on any atom is 0.249 e. The zero-order chi connectivity index (χ0) is 19.8. The Morgan fingerprint density at radius 1 is 0.821 bits per heavy atom. The van der Waals surface area contributed by atoms with Gasteiger partial charge in [0, 0.05) is 37.6 Å². The van der Waals surface area contributed by atoms with Gasteiger partial charge in [0.05, 0.1) is 6.20 Å². The van der Waals surface area contributed by atoms with E-state index in [0.717, 1.165) is 37.7 Å². The zero-order valence-electron chi connectivity index (χ0n) is 16.8. The molecule has 146 valence electrons. The molecule has 28 heavy (non-hydrogen) atoms. The summed E-state index contributed by atoms with van der Waals surface area (Å²) in [5.41, 5.74) is 3.40. The highest BCUT2D eigenvalue weighted by Crippen LogP contribution is 2.21. The predicted molar refractivity (Wildman–Crippen MR) is 116 cm³/mol. The fraction of sp³-hybridized carbons (Fsp3) is 0.318. The van der Waals surface area contributed by atoms with Crippen LogP contribution < -0.4 is 15.1 Å². The summed E-state index contributed by atoms with van der Waals surface area (Å²) in [7, 11) is 0. The van der Waals surface area contributed by atoms with E-state index >= 15 is 0 Å². The quantitative estimate of drug-likeness (QED) is 0.594. The molecule has 0 amide bonds. The molecule has 0 radical (unpaired) electrons. The number of benzene rings is 2. The largest absolute Gasteiger partial charge is 0.372 e. The monoisotopic (exact) mass is 376 g/mol. The minimum Gasteiger partial charge on any atom is -0.372 e. The lowest BCUT2D eigenvalue weighted by atomic mass is 10.2. The van der Waals surface area contributed by atoms with E-state index in [0.29, 0.717) is 5.95 Å². The predicted octanol–water partition coefficient (Wildman–Crippen LogP) is 4.49. The summed E-state index contributed by atoms with van der Waals surface area (Å²) in [4.78, 5) is 9.15. The van der Waals surface area contributed by atoms with Gasteiger partial charge < -0.3 is 15.1 Å². The minimum absolute atomic E-state index is 0.500. The fourth-order valence-electron chi connectivity index (χ4n) is 3.13. The maximum atomic E-state index is 4.66. The van der Waals surface area contributed by atoms with Crippen molar-refractivity contribution in [1.82, 2.24) is 15.2 Å². The van der Waals surface area contributed by atoms with Gasteiger partial charge >= 0.3 is 0 Å². The number of hydrogen-bond acceptors (Lipinski definition) is 6. The lowest BCUT2D eigenvalue weighted by Crippen LogP contribution is -2.23. The second kappa shape index (κ2) is 9.69. The van der Waals surface area contributed by atoms with Crippen molar-refractivity contribution in [2.75, 3.05) is 34.8 Å². The van der Waals surface area contributed by atoms with E-state index in [2.05, 4.69) is 87.5 Å². The van der Waals surface area contributed by atoms with Gasteiger partial charge in [-0.3, -0.25) is 0 Å². The van der Waals surface area contributed by atoms with Gasteiger partial charge in [-0.15, -0.1) is 5.10 Å². The first kappa shape index (κ1) is 19.6. The average Bonchev–Trinajstić information content (AvgIpc) is 2.75. The molecule has 0 aliphatic carbocycles. The molecule has 1 aromatic heterocycles. The highest BCUT2D eigenvalue weighted by Gasteiger charge is 2.10. The second-order valence-electron chi connectivity index (χ2n) is 6.48. The van der Waals surface area contributed by atoms with E-state index in [1.54, 1.807) is 6.20 Å². The summed E-state index contributed by atoms with van der Waals surface area (Å²) in [5.74, 6) is 1.31. The highest BCUT2D eigenvalue weighted by atomic mass is 15.3. The Labute approximate surface area is 167 Å². The van der Waals surface area contributed by atoms with Crippen molar-refractivity contribution >= 4 is 23.1 Å². The first-order valence-electron chi connectivity index (χ1n) is 9.84. The molecule has 0 bridgehead atoms. The molecule has 0 aliphatic rings. The first-order valence-corrected chi connectivity index (χ1v) is 9.84. The van der Waals surface area contributed by atoms with Crippen LogP contribution in [0.4, 0.5) is 23.1 Å². The summed E-state index contributed by atoms with van der Waals surface area (Å²) >= 11 is 0. The number of hydrogen-bond donors (Lipinski definition) is 1. The summed E-state index contributed by atoms with van der Waals surface area (Å²) < 4.78 is 0. The van der Waals surface area contributed by atoms with Gasteiger partial charge in [-0.05, 0) is 50.6 Å². The van der Waals surface area contributed by atoms with Gasteiger partial charge in [-0.25, -0.2) is 0 Å². The number of nitrogens with zero attached hydrogens (tertiary/aromatic N) is 5. The van der Waals surface area contributed by atoms with E-state index in [4.69, 9.17) is 0 Å². The Bertz CT molecular complexity index is 846. The molecular formula is C22H28N6. The van der Waals surface area contributed by atoms with Crippen LogP contribution in [0, 0.1) is 0 Å². The summed E-state index contributed by atoms with van der Waals surface area (Å²) in [6.45, 7) is 10.0. The Morgan fingerprint density at radius 3 is 2.14 bits per heavy atom. The van der Waals surface area contributed by atoms with Crippen molar-refractivity contribution in [3.05, 3.63) is 66.4 Å². The molecule has 0 atom stereocenters. The molecule has 1 N–H and O–H groups in total. The topological polar surface area (TPSA) is 57.2 Å². The normalized spacial score (nSPS) is 10.5. The third kappa shape index (κ3) is 4.97. The van der Waals surface area contributed by atoms with Crippen molar-refractivity contribution < 1.29 is 0 Å². The van der Waals surface area contributed by atoms with E-state index in [9.17, 15) is 0 Å². The van der Waals surface area contributed by atoms with Crippen molar-refractivity contribution in [2.45, 2.75) is 27.3 Å². The standard InChI is InChI=1S/C22H28N6/c1-4-27(5-2)20-14-12-19(13-15-20)24-22-25-21(16-23-26-22)28(6-3)17-18-10-8-7-9-11-18/h7-16H,4-6,17H2,1-3H3,(H,24,25,26). The zero-order valence-corrected chi connectivity index (χ0v) is 16.8.